The molecule has 1 aromatic heterocycles. The fourth-order valence-electron chi connectivity index (χ4n) is 5.32. The molecule has 186 valence electrons. The van der Waals surface area contributed by atoms with Crippen molar-refractivity contribution in [1.82, 2.24) is 24.9 Å². The largest absolute Gasteiger partial charge is 0.396 e. The van der Waals surface area contributed by atoms with Gasteiger partial charge in [-0.15, -0.1) is 0 Å². The monoisotopic (exact) mass is 479 g/mol. The molecule has 4 heterocycles. The average Bonchev–Trinajstić information content (AvgIpc) is 3.31. The number of anilines is 2. The van der Waals surface area contributed by atoms with Crippen LogP contribution in [0.25, 0.3) is 0 Å². The molecule has 0 aliphatic carbocycles. The maximum atomic E-state index is 12.9. The Kier molecular flexibility index (Phi) is 6.72. The number of piperazine rings is 1. The Bertz CT molecular complexity index is 1070. The van der Waals surface area contributed by atoms with E-state index < -0.39 is 0 Å². The Labute approximate surface area is 205 Å². The van der Waals surface area contributed by atoms with E-state index in [1.807, 2.05) is 27.9 Å². The van der Waals surface area contributed by atoms with Crippen molar-refractivity contribution in [2.75, 3.05) is 56.4 Å². The van der Waals surface area contributed by atoms with E-state index in [-0.39, 0.29) is 23.6 Å². The molecule has 3 saturated heterocycles. The first-order valence-corrected chi connectivity index (χ1v) is 12.4. The summed E-state index contributed by atoms with van der Waals surface area (Å²) in [6, 6.07) is 8.40. The molecule has 3 amide bonds. The van der Waals surface area contributed by atoms with Crippen LogP contribution in [0.5, 0.6) is 0 Å². The predicted octanol–water partition coefficient (Wildman–Crippen LogP) is 0.971. The molecule has 2 aromatic rings. The Morgan fingerprint density at radius 1 is 1.00 bits per heavy atom. The molecule has 0 radical (unpaired) electrons. The second-order valence-electron chi connectivity index (χ2n) is 9.72. The number of hydrogen-bond donors (Lipinski definition) is 2. The lowest BCUT2D eigenvalue weighted by Crippen LogP contribution is -2.51. The van der Waals surface area contributed by atoms with Crippen molar-refractivity contribution in [2.45, 2.75) is 37.6 Å². The fourth-order valence-corrected chi connectivity index (χ4v) is 5.32. The SMILES string of the molecule is Nc1cnn(C2CCN(C(=O)CN3CCN(c4ccc(C5CCC(=O)NC5=O)cc4)CC3)CC2)c1. The minimum atomic E-state index is -0.257. The van der Waals surface area contributed by atoms with Crippen LogP contribution in [-0.2, 0) is 14.4 Å². The topological polar surface area (TPSA) is 117 Å². The van der Waals surface area contributed by atoms with Gasteiger partial charge >= 0.3 is 0 Å². The first-order valence-electron chi connectivity index (χ1n) is 12.4. The zero-order valence-electron chi connectivity index (χ0n) is 19.9. The van der Waals surface area contributed by atoms with Crippen LogP contribution in [0, 0.1) is 0 Å². The number of rotatable bonds is 5. The summed E-state index contributed by atoms with van der Waals surface area (Å²) in [5.74, 6) is -0.455. The molecule has 0 saturated carbocycles. The lowest BCUT2D eigenvalue weighted by Gasteiger charge is -2.38. The number of nitrogens with two attached hydrogens (primary N) is 1. The van der Waals surface area contributed by atoms with Gasteiger partial charge in [-0.2, -0.15) is 5.10 Å². The van der Waals surface area contributed by atoms with E-state index in [0.717, 1.165) is 63.4 Å². The summed E-state index contributed by atoms with van der Waals surface area (Å²) in [5, 5.41) is 6.74. The summed E-state index contributed by atoms with van der Waals surface area (Å²) in [5.41, 5.74) is 8.52. The van der Waals surface area contributed by atoms with Crippen molar-refractivity contribution in [3.8, 4) is 0 Å². The molecule has 0 bridgehead atoms. The summed E-state index contributed by atoms with van der Waals surface area (Å²) >= 11 is 0. The highest BCUT2D eigenvalue weighted by molar-refractivity contribution is 6.00. The van der Waals surface area contributed by atoms with Gasteiger partial charge in [0.1, 0.15) is 0 Å². The fraction of sp³-hybridized carbons (Fsp3) is 0.520. The van der Waals surface area contributed by atoms with Gasteiger partial charge in [-0.25, -0.2) is 0 Å². The smallest absolute Gasteiger partial charge is 0.236 e. The zero-order valence-corrected chi connectivity index (χ0v) is 19.9. The molecule has 3 N–H and O–H groups in total. The number of amides is 3. The molecule has 1 aromatic carbocycles. The van der Waals surface area contributed by atoms with E-state index in [9.17, 15) is 14.4 Å². The minimum Gasteiger partial charge on any atom is -0.396 e. The van der Waals surface area contributed by atoms with Crippen LogP contribution < -0.4 is 16.0 Å². The first-order chi connectivity index (χ1) is 17.0. The molecule has 1 atom stereocenters. The molecule has 10 nitrogen and oxygen atoms in total. The van der Waals surface area contributed by atoms with Gasteiger partial charge in [-0.1, -0.05) is 12.1 Å². The van der Waals surface area contributed by atoms with Crippen molar-refractivity contribution in [1.29, 1.82) is 0 Å². The molecule has 3 fully saturated rings. The number of aromatic nitrogens is 2. The molecule has 3 aliphatic rings. The number of likely N-dealkylation sites (tertiary alicyclic amines) is 1. The normalized spacial score (nSPS) is 22.3. The molecular formula is C25H33N7O3. The van der Waals surface area contributed by atoms with Crippen LogP contribution in [0.4, 0.5) is 11.4 Å². The second kappa shape index (κ2) is 10.1. The molecule has 0 spiro atoms. The summed E-state index contributed by atoms with van der Waals surface area (Å²) in [7, 11) is 0. The number of carbonyl (C=O) groups is 3. The van der Waals surface area contributed by atoms with Crippen molar-refractivity contribution in [3.05, 3.63) is 42.2 Å². The van der Waals surface area contributed by atoms with Gasteiger partial charge in [0.15, 0.2) is 0 Å². The summed E-state index contributed by atoms with van der Waals surface area (Å²) < 4.78 is 1.92. The highest BCUT2D eigenvalue weighted by atomic mass is 16.2. The van der Waals surface area contributed by atoms with Crippen molar-refractivity contribution in [3.63, 3.8) is 0 Å². The highest BCUT2D eigenvalue weighted by Gasteiger charge is 2.29. The lowest BCUT2D eigenvalue weighted by atomic mass is 9.90. The molecule has 10 heteroatoms. The maximum absolute atomic E-state index is 12.9. The van der Waals surface area contributed by atoms with Gasteiger partial charge in [-0.3, -0.25) is 29.3 Å². The van der Waals surface area contributed by atoms with Gasteiger partial charge in [0.25, 0.3) is 0 Å². The van der Waals surface area contributed by atoms with E-state index in [1.54, 1.807) is 6.20 Å². The van der Waals surface area contributed by atoms with E-state index in [4.69, 9.17) is 5.73 Å². The Morgan fingerprint density at radius 3 is 2.34 bits per heavy atom. The number of nitrogens with one attached hydrogen (secondary N) is 1. The van der Waals surface area contributed by atoms with Crippen LogP contribution >= 0.6 is 0 Å². The van der Waals surface area contributed by atoms with Crippen molar-refractivity contribution in [2.24, 2.45) is 0 Å². The summed E-state index contributed by atoms with van der Waals surface area (Å²) in [6.45, 7) is 5.35. The summed E-state index contributed by atoms with van der Waals surface area (Å²) in [4.78, 5) is 42.9. The molecule has 5 rings (SSSR count). The third kappa shape index (κ3) is 5.32. The second-order valence-corrected chi connectivity index (χ2v) is 9.72. The number of imide groups is 1. The number of hydrogen-bond acceptors (Lipinski definition) is 7. The third-order valence-electron chi connectivity index (χ3n) is 7.44. The first kappa shape index (κ1) is 23.3. The van der Waals surface area contributed by atoms with E-state index in [1.165, 1.54) is 0 Å². The van der Waals surface area contributed by atoms with Crippen LogP contribution in [0.15, 0.2) is 36.7 Å². The number of benzene rings is 1. The third-order valence-corrected chi connectivity index (χ3v) is 7.44. The Morgan fingerprint density at radius 2 is 1.71 bits per heavy atom. The van der Waals surface area contributed by atoms with Gasteiger partial charge < -0.3 is 15.5 Å². The van der Waals surface area contributed by atoms with Crippen LogP contribution in [-0.4, -0.2) is 83.1 Å². The standard InChI is InChI=1S/C25H33N7O3/c26-19-15-27-32(16-19)21-7-9-31(10-8-21)24(34)17-29-11-13-30(14-12-29)20-3-1-18(2-4-20)22-5-6-23(33)28-25(22)35/h1-4,15-16,21-22H,5-14,17,26H2,(H,28,33,35). The van der Waals surface area contributed by atoms with Crippen LogP contribution in [0.3, 0.4) is 0 Å². The average molecular weight is 480 g/mol. The van der Waals surface area contributed by atoms with E-state index in [0.29, 0.717) is 31.1 Å². The molecule has 35 heavy (non-hydrogen) atoms. The van der Waals surface area contributed by atoms with E-state index in [2.05, 4.69) is 32.3 Å². The lowest BCUT2D eigenvalue weighted by molar-refractivity contribution is -0.135. The predicted molar refractivity (Wildman–Crippen MR) is 132 cm³/mol. The van der Waals surface area contributed by atoms with Crippen LogP contribution in [0.1, 0.15) is 43.2 Å². The molecule has 3 aliphatic heterocycles. The summed E-state index contributed by atoms with van der Waals surface area (Å²) in [6.07, 6.45) is 6.28. The van der Waals surface area contributed by atoms with Gasteiger partial charge in [-0.05, 0) is 37.0 Å². The van der Waals surface area contributed by atoms with Crippen molar-refractivity contribution < 1.29 is 14.4 Å². The molecular weight excluding hydrogens is 446 g/mol. The minimum absolute atomic E-state index is 0.191. The maximum Gasteiger partial charge on any atom is 0.236 e. The zero-order chi connectivity index (χ0) is 24.4. The van der Waals surface area contributed by atoms with Gasteiger partial charge in [0, 0.05) is 57.6 Å². The number of nitrogen functional groups attached to an aromatic ring is 1. The Hall–Kier alpha value is -3.40. The van der Waals surface area contributed by atoms with Gasteiger partial charge in [0.05, 0.1) is 30.4 Å². The van der Waals surface area contributed by atoms with Gasteiger partial charge in [0.2, 0.25) is 17.7 Å². The van der Waals surface area contributed by atoms with Crippen LogP contribution in [0.2, 0.25) is 0 Å². The van der Waals surface area contributed by atoms with Crippen molar-refractivity contribution >= 4 is 29.1 Å². The molecule has 1 unspecified atom stereocenters. The highest BCUT2D eigenvalue weighted by Crippen LogP contribution is 2.27. The Balaban J connectivity index is 1.07. The number of nitrogens with zero attached hydrogens (tertiary/aromatic N) is 5. The quantitative estimate of drug-likeness (QED) is 0.614. The number of piperidine rings is 2. The number of carbonyl (C=O) groups excluding carboxylic acids is 3. The van der Waals surface area contributed by atoms with E-state index >= 15 is 0 Å².